The Morgan fingerprint density at radius 3 is 2.23 bits per heavy atom. The summed E-state index contributed by atoms with van der Waals surface area (Å²) in [5, 5.41) is 0. The summed E-state index contributed by atoms with van der Waals surface area (Å²) < 4.78 is 28.1. The molecule has 0 aromatic carbocycles. The van der Waals surface area contributed by atoms with E-state index >= 15 is 0 Å². The van der Waals surface area contributed by atoms with Crippen LogP contribution in [0.15, 0.2) is 24.4 Å². The van der Waals surface area contributed by atoms with Crippen molar-refractivity contribution in [3.8, 4) is 0 Å². The Kier molecular flexibility index (Phi) is 9.16. The zero-order chi connectivity index (χ0) is 16.3. The van der Waals surface area contributed by atoms with Crippen LogP contribution in [-0.2, 0) is 18.1 Å². The van der Waals surface area contributed by atoms with Crippen LogP contribution < -0.4 is 0 Å². The summed E-state index contributed by atoms with van der Waals surface area (Å²) in [7, 11) is -3.70. The van der Waals surface area contributed by atoms with Crippen LogP contribution in [0.4, 0.5) is 0 Å². The quantitative estimate of drug-likeness (QED) is 0.327. The van der Waals surface area contributed by atoms with E-state index < -0.39 is 7.82 Å². The van der Waals surface area contributed by atoms with Gasteiger partial charge in [-0.05, 0) is 25.0 Å². The second-order valence-electron chi connectivity index (χ2n) is 4.73. The largest absolute Gasteiger partial charge is 0.475 e. The van der Waals surface area contributed by atoms with Gasteiger partial charge in [-0.3, -0.25) is 23.3 Å². The normalized spacial score (nSPS) is 11.5. The average molecular weight is 329 g/mol. The van der Waals surface area contributed by atoms with Gasteiger partial charge in [-0.1, -0.05) is 32.8 Å². The molecule has 0 N–H and O–H groups in total. The molecule has 7 heteroatoms. The van der Waals surface area contributed by atoms with Gasteiger partial charge in [-0.25, -0.2) is 4.57 Å². The van der Waals surface area contributed by atoms with Crippen molar-refractivity contribution >= 4 is 13.6 Å². The lowest BCUT2D eigenvalue weighted by atomic mass is 10.3. The average Bonchev–Trinajstić information content (AvgIpc) is 2.54. The molecule has 124 valence electrons. The summed E-state index contributed by atoms with van der Waals surface area (Å²) in [5.41, 5.74) is 0.260. The molecule has 0 saturated carbocycles. The van der Waals surface area contributed by atoms with E-state index in [1.54, 1.807) is 18.2 Å². The van der Waals surface area contributed by atoms with Crippen molar-refractivity contribution in [2.75, 3.05) is 19.8 Å². The topological polar surface area (TPSA) is 74.7 Å². The highest BCUT2D eigenvalue weighted by Gasteiger charge is 2.28. The van der Waals surface area contributed by atoms with Crippen LogP contribution in [0.1, 0.15) is 50.0 Å². The summed E-state index contributed by atoms with van der Waals surface area (Å²) in [6, 6.07) is 4.99. The Labute approximate surface area is 131 Å². The van der Waals surface area contributed by atoms with Gasteiger partial charge < -0.3 is 0 Å². The van der Waals surface area contributed by atoms with Gasteiger partial charge in [0.25, 0.3) is 0 Å². The molecule has 0 aliphatic carbocycles. The number of hydrogen-bond acceptors (Lipinski definition) is 6. The Bertz CT molecular complexity index is 466. The second-order valence-corrected chi connectivity index (χ2v) is 6.40. The van der Waals surface area contributed by atoms with Crippen molar-refractivity contribution in [1.82, 2.24) is 4.98 Å². The molecule has 0 unspecified atom stereocenters. The minimum atomic E-state index is -3.70. The molecule has 0 fully saturated rings. The van der Waals surface area contributed by atoms with Crippen molar-refractivity contribution in [1.29, 1.82) is 0 Å². The highest BCUT2D eigenvalue weighted by molar-refractivity contribution is 7.48. The zero-order valence-corrected chi connectivity index (χ0v) is 14.1. The minimum absolute atomic E-state index is 0.260. The molecule has 0 atom stereocenters. The molecule has 1 heterocycles. The first-order valence-electron chi connectivity index (χ1n) is 7.59. The molecular formula is C15H24NO5P. The SMILES string of the molecule is CCCCOP(=O)(OCCCC)OCC(=O)c1ccccn1. The fourth-order valence-electron chi connectivity index (χ4n) is 1.49. The van der Waals surface area contributed by atoms with Crippen molar-refractivity contribution in [3.05, 3.63) is 30.1 Å². The maximum Gasteiger partial charge on any atom is 0.475 e. The standard InChI is InChI=1S/C15H24NO5P/c1-3-5-11-19-22(18,20-12-6-4-2)21-13-15(17)14-9-7-8-10-16-14/h7-10H,3-6,11-13H2,1-2H3. The van der Waals surface area contributed by atoms with Gasteiger partial charge >= 0.3 is 7.82 Å². The van der Waals surface area contributed by atoms with Crippen molar-refractivity contribution in [2.45, 2.75) is 39.5 Å². The molecular weight excluding hydrogens is 305 g/mol. The molecule has 0 aliphatic rings. The summed E-state index contributed by atoms with van der Waals surface area (Å²) in [4.78, 5) is 15.9. The number of carbonyl (C=O) groups is 1. The van der Waals surface area contributed by atoms with Crippen LogP contribution in [0, 0.1) is 0 Å². The minimum Gasteiger partial charge on any atom is -0.290 e. The van der Waals surface area contributed by atoms with Gasteiger partial charge in [0.1, 0.15) is 12.3 Å². The van der Waals surface area contributed by atoms with Crippen LogP contribution in [0.3, 0.4) is 0 Å². The number of nitrogens with zero attached hydrogens (tertiary/aromatic N) is 1. The van der Waals surface area contributed by atoms with E-state index in [2.05, 4.69) is 4.98 Å². The number of carbonyl (C=O) groups excluding carboxylic acids is 1. The first-order chi connectivity index (χ1) is 10.6. The fourth-order valence-corrected chi connectivity index (χ4v) is 2.70. The van der Waals surface area contributed by atoms with Gasteiger partial charge in [0.15, 0.2) is 0 Å². The van der Waals surface area contributed by atoms with Crippen molar-refractivity contribution in [3.63, 3.8) is 0 Å². The molecule has 0 aliphatic heterocycles. The lowest BCUT2D eigenvalue weighted by Gasteiger charge is -2.17. The maximum atomic E-state index is 12.5. The van der Waals surface area contributed by atoms with Gasteiger partial charge in [0.2, 0.25) is 5.78 Å². The van der Waals surface area contributed by atoms with Crippen LogP contribution in [0.5, 0.6) is 0 Å². The van der Waals surface area contributed by atoms with E-state index in [0.717, 1.165) is 25.7 Å². The molecule has 6 nitrogen and oxygen atoms in total. The monoisotopic (exact) mass is 329 g/mol. The van der Waals surface area contributed by atoms with Crippen LogP contribution in [-0.4, -0.2) is 30.6 Å². The predicted octanol–water partition coefficient (Wildman–Crippen LogP) is 4.02. The molecule has 0 saturated heterocycles. The smallest absolute Gasteiger partial charge is 0.290 e. The van der Waals surface area contributed by atoms with Crippen LogP contribution >= 0.6 is 7.82 Å². The Balaban J connectivity index is 2.55. The second kappa shape index (κ2) is 10.6. The first kappa shape index (κ1) is 19.0. The van der Waals surface area contributed by atoms with E-state index in [-0.39, 0.29) is 31.3 Å². The van der Waals surface area contributed by atoms with Gasteiger partial charge in [0.05, 0.1) is 13.2 Å². The van der Waals surface area contributed by atoms with Gasteiger partial charge in [-0.15, -0.1) is 0 Å². The lowest BCUT2D eigenvalue weighted by Crippen LogP contribution is -2.12. The molecule has 0 bridgehead atoms. The maximum absolute atomic E-state index is 12.5. The highest BCUT2D eigenvalue weighted by atomic mass is 31.2. The zero-order valence-electron chi connectivity index (χ0n) is 13.2. The fraction of sp³-hybridized carbons (Fsp3) is 0.600. The summed E-state index contributed by atoms with van der Waals surface area (Å²) in [6.07, 6.45) is 4.82. The summed E-state index contributed by atoms with van der Waals surface area (Å²) >= 11 is 0. The van der Waals surface area contributed by atoms with E-state index in [1.807, 2.05) is 13.8 Å². The molecule has 1 rings (SSSR count). The Morgan fingerprint density at radius 2 is 1.73 bits per heavy atom. The Morgan fingerprint density at radius 1 is 1.09 bits per heavy atom. The molecule has 0 radical (unpaired) electrons. The molecule has 22 heavy (non-hydrogen) atoms. The van der Waals surface area contributed by atoms with Crippen molar-refractivity contribution < 1.29 is 22.9 Å². The number of aromatic nitrogens is 1. The molecule has 1 aromatic heterocycles. The van der Waals surface area contributed by atoms with Crippen LogP contribution in [0.25, 0.3) is 0 Å². The van der Waals surface area contributed by atoms with Gasteiger partial charge in [0, 0.05) is 6.20 Å². The lowest BCUT2D eigenvalue weighted by molar-refractivity contribution is 0.0790. The molecule has 0 amide bonds. The number of rotatable bonds is 12. The number of pyridine rings is 1. The van der Waals surface area contributed by atoms with E-state index in [0.29, 0.717) is 0 Å². The summed E-state index contributed by atoms with van der Waals surface area (Å²) in [5.74, 6) is -0.362. The van der Waals surface area contributed by atoms with E-state index in [1.165, 1.54) is 6.20 Å². The summed E-state index contributed by atoms with van der Waals surface area (Å²) in [6.45, 7) is 4.16. The number of ketones is 1. The van der Waals surface area contributed by atoms with Crippen LogP contribution in [0.2, 0.25) is 0 Å². The number of Topliss-reactive ketones (excluding diaryl/α,β-unsaturated/α-hetero) is 1. The highest BCUT2D eigenvalue weighted by Crippen LogP contribution is 2.49. The number of unbranched alkanes of at least 4 members (excludes halogenated alkanes) is 2. The molecule has 0 spiro atoms. The third-order valence-electron chi connectivity index (χ3n) is 2.80. The number of phosphoric acid groups is 1. The first-order valence-corrected chi connectivity index (χ1v) is 9.05. The third kappa shape index (κ3) is 7.27. The molecule has 1 aromatic rings. The van der Waals surface area contributed by atoms with E-state index in [9.17, 15) is 9.36 Å². The van der Waals surface area contributed by atoms with Crippen molar-refractivity contribution in [2.24, 2.45) is 0 Å². The van der Waals surface area contributed by atoms with E-state index in [4.69, 9.17) is 13.6 Å². The Hall–Kier alpha value is -1.07. The van der Waals surface area contributed by atoms with Gasteiger partial charge in [-0.2, -0.15) is 0 Å². The predicted molar refractivity (Wildman–Crippen MR) is 83.8 cm³/mol. The number of phosphoric ester groups is 1. The number of hydrogen-bond donors (Lipinski definition) is 0. The third-order valence-corrected chi connectivity index (χ3v) is 4.24.